The summed E-state index contributed by atoms with van der Waals surface area (Å²) in [5, 5.41) is 12.4. The molecule has 0 saturated carbocycles. The van der Waals surface area contributed by atoms with Crippen molar-refractivity contribution in [3.63, 3.8) is 0 Å². The smallest absolute Gasteiger partial charge is 0.321 e. The minimum atomic E-state index is -0.858. The van der Waals surface area contributed by atoms with Crippen LogP contribution in [0.2, 0.25) is 0 Å². The maximum absolute atomic E-state index is 11.2. The van der Waals surface area contributed by atoms with Crippen LogP contribution in [-0.4, -0.2) is 34.2 Å². The van der Waals surface area contributed by atoms with Crippen molar-refractivity contribution in [2.24, 2.45) is 0 Å². The summed E-state index contributed by atoms with van der Waals surface area (Å²) < 4.78 is 5.13. The predicted octanol–water partition coefficient (Wildman–Crippen LogP) is 1.11. The molecular weight excluding hydrogens is 258 g/mol. The molecule has 1 aliphatic heterocycles. The van der Waals surface area contributed by atoms with Gasteiger partial charge in [-0.05, 0) is 17.7 Å². The van der Waals surface area contributed by atoms with Crippen LogP contribution in [0, 0.1) is 0 Å². The van der Waals surface area contributed by atoms with Gasteiger partial charge in [-0.1, -0.05) is 12.1 Å². The van der Waals surface area contributed by atoms with Crippen molar-refractivity contribution in [1.29, 1.82) is 0 Å². The molecule has 1 aromatic carbocycles. The van der Waals surface area contributed by atoms with E-state index in [1.807, 2.05) is 24.3 Å². The topological polar surface area (TPSA) is 87.2 Å². The molecule has 0 aliphatic carbocycles. The Bertz CT molecular complexity index is 621. The van der Waals surface area contributed by atoms with Gasteiger partial charge in [0.2, 0.25) is 0 Å². The van der Waals surface area contributed by atoms with Crippen LogP contribution in [0.4, 0.5) is 0 Å². The van der Waals surface area contributed by atoms with Gasteiger partial charge in [-0.3, -0.25) is 10.1 Å². The second-order valence-corrected chi connectivity index (χ2v) is 4.73. The zero-order valence-corrected chi connectivity index (χ0v) is 11.0. The molecule has 6 nitrogen and oxygen atoms in total. The minimum Gasteiger partial charge on any atom is -0.497 e. The molecule has 0 bridgehead atoms. The molecule has 20 heavy (non-hydrogen) atoms. The van der Waals surface area contributed by atoms with Crippen LogP contribution in [0.5, 0.6) is 5.75 Å². The van der Waals surface area contributed by atoms with E-state index in [-0.39, 0.29) is 6.04 Å². The van der Waals surface area contributed by atoms with Crippen molar-refractivity contribution in [3.05, 3.63) is 47.5 Å². The van der Waals surface area contributed by atoms with Crippen molar-refractivity contribution in [3.8, 4) is 5.75 Å². The van der Waals surface area contributed by atoms with E-state index in [0.29, 0.717) is 6.42 Å². The van der Waals surface area contributed by atoms with E-state index in [1.54, 1.807) is 13.4 Å². The molecule has 1 aromatic heterocycles. The average Bonchev–Trinajstić information content (AvgIpc) is 2.94. The van der Waals surface area contributed by atoms with Crippen LogP contribution in [0.1, 0.15) is 23.0 Å². The van der Waals surface area contributed by atoms with E-state index in [0.717, 1.165) is 22.7 Å². The highest BCUT2D eigenvalue weighted by molar-refractivity contribution is 5.74. The molecule has 0 saturated heterocycles. The highest BCUT2D eigenvalue weighted by Gasteiger charge is 2.32. The summed E-state index contributed by atoms with van der Waals surface area (Å²) in [5.74, 6) is -0.0923. The molecule has 104 valence electrons. The molecule has 6 heteroatoms. The fourth-order valence-electron chi connectivity index (χ4n) is 2.50. The lowest BCUT2D eigenvalue weighted by Crippen LogP contribution is -2.45. The molecule has 2 heterocycles. The normalized spacial score (nSPS) is 21.2. The molecule has 3 N–H and O–H groups in total. The van der Waals surface area contributed by atoms with Gasteiger partial charge in [0.1, 0.15) is 11.8 Å². The van der Waals surface area contributed by atoms with E-state index in [4.69, 9.17) is 4.74 Å². The molecule has 0 spiro atoms. The Balaban J connectivity index is 1.97. The number of carboxylic acids is 1. The van der Waals surface area contributed by atoms with Crippen LogP contribution < -0.4 is 10.1 Å². The lowest BCUT2D eigenvalue weighted by molar-refractivity contribution is -0.139. The quantitative estimate of drug-likeness (QED) is 0.779. The second-order valence-electron chi connectivity index (χ2n) is 4.73. The average molecular weight is 273 g/mol. The molecular formula is C14H15N3O3. The van der Waals surface area contributed by atoms with Gasteiger partial charge >= 0.3 is 5.97 Å². The fraction of sp³-hybridized carbons (Fsp3) is 0.286. The number of nitrogens with one attached hydrogen (secondary N) is 2. The Kier molecular flexibility index (Phi) is 3.15. The summed E-state index contributed by atoms with van der Waals surface area (Å²) in [4.78, 5) is 18.6. The third kappa shape index (κ3) is 2.14. The highest BCUT2D eigenvalue weighted by atomic mass is 16.5. The van der Waals surface area contributed by atoms with E-state index in [1.165, 1.54) is 0 Å². The molecule has 0 amide bonds. The number of aromatic nitrogens is 2. The van der Waals surface area contributed by atoms with E-state index < -0.39 is 12.0 Å². The number of aromatic amines is 1. The van der Waals surface area contributed by atoms with E-state index in [2.05, 4.69) is 15.3 Å². The number of ether oxygens (including phenoxy) is 1. The Morgan fingerprint density at radius 1 is 1.40 bits per heavy atom. The molecule has 1 aliphatic rings. The number of carbonyl (C=O) groups is 1. The van der Waals surface area contributed by atoms with Gasteiger partial charge in [0, 0.05) is 12.1 Å². The Labute approximate surface area is 115 Å². The SMILES string of the molecule is COc1ccc(C2N[C@H](C(=O)O)Cc3[nH]cnc32)cc1. The predicted molar refractivity (Wildman–Crippen MR) is 71.7 cm³/mol. The molecule has 3 rings (SSSR count). The Morgan fingerprint density at radius 3 is 2.80 bits per heavy atom. The number of carboxylic acid groups (broad SMARTS) is 1. The van der Waals surface area contributed by atoms with Gasteiger partial charge in [0.25, 0.3) is 0 Å². The Morgan fingerprint density at radius 2 is 2.15 bits per heavy atom. The summed E-state index contributed by atoms with van der Waals surface area (Å²) >= 11 is 0. The maximum atomic E-state index is 11.2. The summed E-state index contributed by atoms with van der Waals surface area (Å²) in [5.41, 5.74) is 2.69. The van der Waals surface area contributed by atoms with Crippen LogP contribution in [0.15, 0.2) is 30.6 Å². The van der Waals surface area contributed by atoms with Gasteiger partial charge in [0.05, 0.1) is 25.2 Å². The van der Waals surface area contributed by atoms with Crippen molar-refractivity contribution in [2.45, 2.75) is 18.5 Å². The number of fused-ring (bicyclic) bond motifs is 1. The maximum Gasteiger partial charge on any atom is 0.321 e. The van der Waals surface area contributed by atoms with Gasteiger partial charge < -0.3 is 14.8 Å². The van der Waals surface area contributed by atoms with Crippen LogP contribution in [0.3, 0.4) is 0 Å². The minimum absolute atomic E-state index is 0.225. The third-order valence-electron chi connectivity index (χ3n) is 3.55. The summed E-state index contributed by atoms with van der Waals surface area (Å²) in [6.07, 6.45) is 2.02. The molecule has 2 aromatic rings. The lowest BCUT2D eigenvalue weighted by Gasteiger charge is -2.28. The first-order chi connectivity index (χ1) is 9.69. The number of hydrogen-bond donors (Lipinski definition) is 3. The van der Waals surface area contributed by atoms with Crippen molar-refractivity contribution >= 4 is 5.97 Å². The van der Waals surface area contributed by atoms with Crippen molar-refractivity contribution in [1.82, 2.24) is 15.3 Å². The zero-order chi connectivity index (χ0) is 14.1. The number of imidazole rings is 1. The van der Waals surface area contributed by atoms with Crippen LogP contribution in [0.25, 0.3) is 0 Å². The summed E-state index contributed by atoms with van der Waals surface area (Å²) in [6, 6.07) is 6.70. The van der Waals surface area contributed by atoms with Crippen LogP contribution in [-0.2, 0) is 11.2 Å². The van der Waals surface area contributed by atoms with Gasteiger partial charge in [-0.15, -0.1) is 0 Å². The molecule has 0 fully saturated rings. The molecule has 0 radical (unpaired) electrons. The summed E-state index contributed by atoms with van der Waals surface area (Å²) in [6.45, 7) is 0. The van der Waals surface area contributed by atoms with Gasteiger partial charge in [-0.2, -0.15) is 0 Å². The van der Waals surface area contributed by atoms with Gasteiger partial charge in [-0.25, -0.2) is 4.98 Å². The van der Waals surface area contributed by atoms with Crippen molar-refractivity contribution < 1.29 is 14.6 Å². The number of rotatable bonds is 3. The second kappa shape index (κ2) is 4.97. The first-order valence-corrected chi connectivity index (χ1v) is 6.34. The van der Waals surface area contributed by atoms with Crippen LogP contribution >= 0.6 is 0 Å². The monoisotopic (exact) mass is 273 g/mol. The highest BCUT2D eigenvalue weighted by Crippen LogP contribution is 2.29. The lowest BCUT2D eigenvalue weighted by atomic mass is 9.94. The van der Waals surface area contributed by atoms with E-state index in [9.17, 15) is 9.90 Å². The number of methoxy groups -OCH3 is 1. The first-order valence-electron chi connectivity index (χ1n) is 6.34. The number of aliphatic carboxylic acids is 1. The first kappa shape index (κ1) is 12.7. The molecule has 1 unspecified atom stereocenters. The number of H-pyrrole nitrogens is 1. The third-order valence-corrected chi connectivity index (χ3v) is 3.55. The number of nitrogens with zero attached hydrogens (tertiary/aromatic N) is 1. The largest absolute Gasteiger partial charge is 0.497 e. The standard InChI is InChI=1S/C14H15N3O3/c1-20-9-4-2-8(3-5-9)12-13-10(15-7-16-13)6-11(17-12)14(18)19/h2-5,7,11-12,17H,6H2,1H3,(H,15,16)(H,18,19)/t11-,12?/m0/s1. The van der Waals surface area contributed by atoms with E-state index >= 15 is 0 Å². The zero-order valence-electron chi connectivity index (χ0n) is 11.0. The molecule has 2 atom stereocenters. The number of benzene rings is 1. The number of hydrogen-bond acceptors (Lipinski definition) is 4. The summed E-state index contributed by atoms with van der Waals surface area (Å²) in [7, 11) is 1.61. The van der Waals surface area contributed by atoms with Crippen molar-refractivity contribution in [2.75, 3.05) is 7.11 Å². The van der Waals surface area contributed by atoms with Gasteiger partial charge in [0.15, 0.2) is 0 Å². The fourth-order valence-corrected chi connectivity index (χ4v) is 2.50. The Hall–Kier alpha value is -2.34.